The fourth-order valence-corrected chi connectivity index (χ4v) is 5.19. The van der Waals surface area contributed by atoms with Crippen molar-refractivity contribution in [3.05, 3.63) is 104 Å². The van der Waals surface area contributed by atoms with Gasteiger partial charge in [0, 0.05) is 30.8 Å². The van der Waals surface area contributed by atoms with Crippen LogP contribution < -0.4 is 16.6 Å². The molecule has 3 aromatic rings. The van der Waals surface area contributed by atoms with Crippen LogP contribution in [0.25, 0.3) is 0 Å². The molecular weight excluding hydrogens is 446 g/mol. The summed E-state index contributed by atoms with van der Waals surface area (Å²) in [5, 5.41) is 3.59. The maximum atomic E-state index is 12.7. The van der Waals surface area contributed by atoms with E-state index >= 15 is 0 Å². The Bertz CT molecular complexity index is 1260. The highest BCUT2D eigenvalue weighted by Gasteiger charge is 2.64. The molecule has 0 amide bonds. The number of benzene rings is 2. The summed E-state index contributed by atoms with van der Waals surface area (Å²) in [5.74, 6) is 0. The van der Waals surface area contributed by atoms with Crippen molar-refractivity contribution in [3.8, 4) is 0 Å². The van der Waals surface area contributed by atoms with E-state index in [4.69, 9.17) is 14.2 Å². The SMILES string of the molecule is Cc1cn([C@@H]2O[C@@]3(CCOCc4ccccc4)[C@H](C)N[C@@H]2[C@@H]3OCc2ccccc2)c(=O)[nH]c1=O. The maximum Gasteiger partial charge on any atom is 0.330 e. The van der Waals surface area contributed by atoms with Crippen LogP contribution in [0.15, 0.2) is 76.4 Å². The molecule has 0 unspecified atom stereocenters. The Hall–Kier alpha value is -3.04. The third-order valence-corrected chi connectivity index (χ3v) is 7.07. The topological polar surface area (TPSA) is 94.6 Å². The standard InChI is InChI=1S/C27H31N3O5/c1-18-15-30(26(32)29-24(18)31)25-22-23(34-17-21-11-7-4-8-12-21)27(35-25,19(2)28-22)13-14-33-16-20-9-5-3-6-10-20/h3-12,15,19,22-23,25,28H,13-14,16-17H2,1-2H3,(H,29,31,32)/t19-,22+,23-,25+,27-/m0/s1. The fraction of sp³-hybridized carbons (Fsp3) is 0.407. The first kappa shape index (κ1) is 23.7. The summed E-state index contributed by atoms with van der Waals surface area (Å²) >= 11 is 0. The first-order valence-electron chi connectivity index (χ1n) is 12.0. The molecule has 184 valence electrons. The number of nitrogens with zero attached hydrogens (tertiary/aromatic N) is 1. The van der Waals surface area contributed by atoms with Crippen molar-refractivity contribution in [3.63, 3.8) is 0 Å². The van der Waals surface area contributed by atoms with Crippen molar-refractivity contribution < 1.29 is 14.2 Å². The first-order chi connectivity index (χ1) is 17.0. The minimum Gasteiger partial charge on any atom is -0.377 e. The molecule has 0 saturated carbocycles. The first-order valence-corrected chi connectivity index (χ1v) is 12.0. The molecule has 0 aliphatic carbocycles. The van der Waals surface area contributed by atoms with E-state index in [2.05, 4.69) is 17.2 Å². The molecule has 0 spiro atoms. The molecule has 8 heteroatoms. The smallest absolute Gasteiger partial charge is 0.330 e. The van der Waals surface area contributed by atoms with Gasteiger partial charge in [-0.15, -0.1) is 0 Å². The second-order valence-electron chi connectivity index (χ2n) is 9.36. The highest BCUT2D eigenvalue weighted by Crippen LogP contribution is 2.48. The van der Waals surface area contributed by atoms with Crippen molar-refractivity contribution in [1.29, 1.82) is 0 Å². The van der Waals surface area contributed by atoms with Crippen LogP contribution in [0.1, 0.15) is 36.3 Å². The van der Waals surface area contributed by atoms with Crippen LogP contribution in [-0.4, -0.2) is 39.9 Å². The summed E-state index contributed by atoms with van der Waals surface area (Å²) in [7, 11) is 0. The van der Waals surface area contributed by atoms with E-state index in [1.165, 1.54) is 4.57 Å². The van der Waals surface area contributed by atoms with Gasteiger partial charge in [0.05, 0.1) is 19.3 Å². The lowest BCUT2D eigenvalue weighted by molar-refractivity contribution is -0.150. The number of rotatable bonds is 9. The van der Waals surface area contributed by atoms with Gasteiger partial charge in [-0.05, 0) is 25.0 Å². The molecule has 5 rings (SSSR count). The van der Waals surface area contributed by atoms with Gasteiger partial charge in [0.2, 0.25) is 0 Å². The molecule has 2 bridgehead atoms. The third kappa shape index (κ3) is 4.62. The van der Waals surface area contributed by atoms with Gasteiger partial charge in [-0.3, -0.25) is 14.3 Å². The van der Waals surface area contributed by atoms with E-state index in [9.17, 15) is 9.59 Å². The van der Waals surface area contributed by atoms with Crippen molar-refractivity contribution in [2.24, 2.45) is 0 Å². The molecule has 3 heterocycles. The summed E-state index contributed by atoms with van der Waals surface area (Å²) in [6, 6.07) is 19.8. The van der Waals surface area contributed by atoms with Gasteiger partial charge < -0.3 is 19.5 Å². The molecule has 0 radical (unpaired) electrons. The van der Waals surface area contributed by atoms with Gasteiger partial charge >= 0.3 is 5.69 Å². The molecule has 2 aliphatic heterocycles. The average Bonchev–Trinajstić information content (AvgIpc) is 3.31. The minimum atomic E-state index is -0.690. The maximum absolute atomic E-state index is 12.7. The molecule has 1 aromatic heterocycles. The van der Waals surface area contributed by atoms with E-state index in [0.29, 0.717) is 31.8 Å². The summed E-state index contributed by atoms with van der Waals surface area (Å²) in [6.45, 7) is 5.17. The molecule has 2 fully saturated rings. The number of fused-ring (bicyclic) bond motifs is 2. The van der Waals surface area contributed by atoms with E-state index in [1.807, 2.05) is 60.7 Å². The zero-order chi connectivity index (χ0) is 24.4. The molecule has 2 aromatic carbocycles. The highest BCUT2D eigenvalue weighted by molar-refractivity contribution is 5.19. The van der Waals surface area contributed by atoms with Crippen LogP contribution in [-0.2, 0) is 27.4 Å². The van der Waals surface area contributed by atoms with Crippen molar-refractivity contribution in [2.75, 3.05) is 6.61 Å². The zero-order valence-electron chi connectivity index (χ0n) is 20.0. The second kappa shape index (κ2) is 9.91. The predicted molar refractivity (Wildman–Crippen MR) is 131 cm³/mol. The molecule has 8 nitrogen and oxygen atoms in total. The Morgan fingerprint density at radius 2 is 1.66 bits per heavy atom. The van der Waals surface area contributed by atoms with E-state index in [0.717, 1.165) is 11.1 Å². The Morgan fingerprint density at radius 3 is 2.34 bits per heavy atom. The number of nitrogens with one attached hydrogen (secondary N) is 2. The number of aromatic nitrogens is 2. The van der Waals surface area contributed by atoms with Crippen molar-refractivity contribution >= 4 is 0 Å². The Labute approximate surface area is 203 Å². The monoisotopic (exact) mass is 477 g/mol. The third-order valence-electron chi connectivity index (χ3n) is 7.07. The summed E-state index contributed by atoms with van der Waals surface area (Å²) in [6.07, 6.45) is 1.25. The Morgan fingerprint density at radius 1 is 1.00 bits per heavy atom. The number of hydrogen-bond donors (Lipinski definition) is 2. The van der Waals surface area contributed by atoms with E-state index < -0.39 is 23.1 Å². The lowest BCUT2D eigenvalue weighted by atomic mass is 9.89. The summed E-state index contributed by atoms with van der Waals surface area (Å²) in [4.78, 5) is 27.0. The van der Waals surface area contributed by atoms with E-state index in [-0.39, 0.29) is 18.2 Å². The Balaban J connectivity index is 1.38. The fourth-order valence-electron chi connectivity index (χ4n) is 5.19. The number of ether oxygens (including phenoxy) is 3. The van der Waals surface area contributed by atoms with Gasteiger partial charge in [0.25, 0.3) is 5.56 Å². The summed E-state index contributed by atoms with van der Waals surface area (Å²) in [5.41, 5.74) is 1.05. The van der Waals surface area contributed by atoms with Crippen LogP contribution in [0.4, 0.5) is 0 Å². The van der Waals surface area contributed by atoms with Crippen LogP contribution >= 0.6 is 0 Å². The van der Waals surface area contributed by atoms with Crippen LogP contribution in [0.3, 0.4) is 0 Å². The van der Waals surface area contributed by atoms with Crippen LogP contribution in [0.5, 0.6) is 0 Å². The largest absolute Gasteiger partial charge is 0.377 e. The van der Waals surface area contributed by atoms with Gasteiger partial charge in [0.1, 0.15) is 11.7 Å². The molecule has 2 saturated heterocycles. The predicted octanol–water partition coefficient (Wildman–Crippen LogP) is 2.67. The normalized spacial score (nSPS) is 27.4. The second-order valence-corrected chi connectivity index (χ2v) is 9.36. The van der Waals surface area contributed by atoms with Crippen molar-refractivity contribution in [2.45, 2.75) is 63.5 Å². The number of aromatic amines is 1. The molecule has 2 aliphatic rings. The van der Waals surface area contributed by atoms with E-state index in [1.54, 1.807) is 13.1 Å². The minimum absolute atomic E-state index is 0.00981. The van der Waals surface area contributed by atoms with Crippen LogP contribution in [0.2, 0.25) is 0 Å². The highest BCUT2D eigenvalue weighted by atomic mass is 16.6. The van der Waals surface area contributed by atoms with Crippen LogP contribution in [0, 0.1) is 6.92 Å². The number of hydrogen-bond acceptors (Lipinski definition) is 6. The van der Waals surface area contributed by atoms with Gasteiger partial charge in [-0.2, -0.15) is 0 Å². The molecule has 2 N–H and O–H groups in total. The quantitative estimate of drug-likeness (QED) is 0.460. The van der Waals surface area contributed by atoms with Gasteiger partial charge in [-0.25, -0.2) is 4.79 Å². The lowest BCUT2D eigenvalue weighted by Gasteiger charge is -2.37. The molecular formula is C27H31N3O5. The van der Waals surface area contributed by atoms with Gasteiger partial charge in [0.15, 0.2) is 6.23 Å². The lowest BCUT2D eigenvalue weighted by Crippen LogP contribution is -2.52. The number of morpholine rings is 1. The summed E-state index contributed by atoms with van der Waals surface area (Å²) < 4.78 is 20.6. The molecule has 5 atom stereocenters. The average molecular weight is 478 g/mol. The molecule has 35 heavy (non-hydrogen) atoms. The van der Waals surface area contributed by atoms with Crippen molar-refractivity contribution in [1.82, 2.24) is 14.9 Å². The Kier molecular flexibility index (Phi) is 6.71. The zero-order valence-corrected chi connectivity index (χ0v) is 20.0. The number of H-pyrrole nitrogens is 1. The number of aryl methyl sites for hydroxylation is 1. The van der Waals surface area contributed by atoms with Gasteiger partial charge in [-0.1, -0.05) is 60.7 Å².